The molecule has 0 saturated carbocycles. The van der Waals surface area contributed by atoms with Crippen LogP contribution in [0.4, 0.5) is 0 Å². The number of aryl methyl sites for hydroxylation is 1. The summed E-state index contributed by atoms with van der Waals surface area (Å²) in [5, 5.41) is 7.16. The van der Waals surface area contributed by atoms with E-state index in [9.17, 15) is 4.79 Å². The van der Waals surface area contributed by atoms with Gasteiger partial charge in [-0.1, -0.05) is 23.4 Å². The summed E-state index contributed by atoms with van der Waals surface area (Å²) in [6, 6.07) is 13.4. The second-order valence-corrected chi connectivity index (χ2v) is 9.32. The van der Waals surface area contributed by atoms with Crippen molar-refractivity contribution in [1.29, 1.82) is 0 Å². The highest BCUT2D eigenvalue weighted by atomic mass is 16.5. The third-order valence-electron chi connectivity index (χ3n) is 6.58. The summed E-state index contributed by atoms with van der Waals surface area (Å²) in [5.74, 6) is 3.00. The number of carbonyl (C=O) groups is 1. The van der Waals surface area contributed by atoms with Gasteiger partial charge in [0.25, 0.3) is 0 Å². The minimum absolute atomic E-state index is 0.0191. The maximum Gasteiger partial charge on any atom is 0.240 e. The fourth-order valence-electron chi connectivity index (χ4n) is 4.74. The number of nitrogens with zero attached hydrogens (tertiary/aromatic N) is 3. The summed E-state index contributed by atoms with van der Waals surface area (Å²) >= 11 is 0. The van der Waals surface area contributed by atoms with Gasteiger partial charge in [-0.25, -0.2) is 0 Å². The minimum Gasteiger partial charge on any atom is -0.493 e. The molecule has 0 spiro atoms. The van der Waals surface area contributed by atoms with E-state index in [0.29, 0.717) is 68.1 Å². The van der Waals surface area contributed by atoms with Gasteiger partial charge in [0.2, 0.25) is 11.8 Å². The van der Waals surface area contributed by atoms with E-state index in [1.54, 1.807) is 14.2 Å². The van der Waals surface area contributed by atoms with Crippen molar-refractivity contribution < 1.29 is 28.3 Å². The molecule has 3 aromatic rings. The third kappa shape index (κ3) is 6.46. The number of hydrogen-bond acceptors (Lipinski definition) is 9. The molecular formula is C27H32N4O6. The van der Waals surface area contributed by atoms with E-state index in [1.807, 2.05) is 42.5 Å². The largest absolute Gasteiger partial charge is 0.493 e. The van der Waals surface area contributed by atoms with Gasteiger partial charge in [-0.3, -0.25) is 9.69 Å². The van der Waals surface area contributed by atoms with Gasteiger partial charge in [0.05, 0.1) is 32.4 Å². The van der Waals surface area contributed by atoms with Crippen LogP contribution in [0.25, 0.3) is 0 Å². The number of fused-ring (bicyclic) bond motifs is 5. The lowest BCUT2D eigenvalue weighted by atomic mass is 10.0. The monoisotopic (exact) mass is 508 g/mol. The normalized spacial score (nSPS) is 20.6. The van der Waals surface area contributed by atoms with Crippen LogP contribution < -0.4 is 14.8 Å². The smallest absolute Gasteiger partial charge is 0.240 e. The number of aromatic nitrogens is 2. The Morgan fingerprint density at radius 2 is 2.05 bits per heavy atom. The van der Waals surface area contributed by atoms with Gasteiger partial charge in [-0.05, 0) is 48.2 Å². The molecule has 1 fully saturated rings. The second kappa shape index (κ2) is 11.7. The van der Waals surface area contributed by atoms with Crippen molar-refractivity contribution in [3.05, 3.63) is 65.3 Å². The number of likely N-dealkylation sites (tertiary alicyclic amines) is 1. The van der Waals surface area contributed by atoms with Crippen molar-refractivity contribution in [2.45, 2.75) is 51.2 Å². The van der Waals surface area contributed by atoms with Crippen LogP contribution in [0.2, 0.25) is 0 Å². The maximum atomic E-state index is 13.0. The molecule has 2 aromatic carbocycles. The summed E-state index contributed by atoms with van der Waals surface area (Å²) < 4.78 is 28.4. The first-order valence-electron chi connectivity index (χ1n) is 12.5. The molecule has 0 aliphatic carbocycles. The Kier molecular flexibility index (Phi) is 7.98. The number of hydrogen-bond donors (Lipinski definition) is 1. The number of nitrogens with one attached hydrogen (secondary N) is 1. The molecular weight excluding hydrogens is 476 g/mol. The highest BCUT2D eigenvalue weighted by Crippen LogP contribution is 2.33. The zero-order valence-electron chi connectivity index (χ0n) is 21.1. The van der Waals surface area contributed by atoms with Crippen molar-refractivity contribution in [3.63, 3.8) is 0 Å². The number of piperidine rings is 1. The van der Waals surface area contributed by atoms with Gasteiger partial charge in [-0.15, -0.1) is 0 Å². The Bertz CT molecular complexity index is 1220. The van der Waals surface area contributed by atoms with Crippen molar-refractivity contribution in [2.75, 3.05) is 27.3 Å². The lowest BCUT2D eigenvalue weighted by molar-refractivity contribution is -0.124. The first-order chi connectivity index (χ1) is 18.1. The Hall–Kier alpha value is -3.47. The van der Waals surface area contributed by atoms with E-state index < -0.39 is 0 Å². The van der Waals surface area contributed by atoms with Crippen molar-refractivity contribution in [1.82, 2.24) is 20.4 Å². The SMILES string of the molecule is COCc1noc(CN2CC[C@H]3OCc4cccc(c4)Oc4cc(ccc4OC)CCC(=O)N[C@H]3C2)n1. The van der Waals surface area contributed by atoms with Crippen LogP contribution in [0.1, 0.15) is 35.7 Å². The summed E-state index contributed by atoms with van der Waals surface area (Å²) in [6.07, 6.45) is 1.58. The molecule has 1 saturated heterocycles. The van der Waals surface area contributed by atoms with E-state index >= 15 is 0 Å². The zero-order valence-corrected chi connectivity index (χ0v) is 21.1. The van der Waals surface area contributed by atoms with Gasteiger partial charge in [-0.2, -0.15) is 4.98 Å². The lowest BCUT2D eigenvalue weighted by Gasteiger charge is -2.38. The molecule has 37 heavy (non-hydrogen) atoms. The van der Waals surface area contributed by atoms with Crippen LogP contribution in [0, 0.1) is 0 Å². The van der Waals surface area contributed by atoms with Crippen molar-refractivity contribution >= 4 is 5.91 Å². The Morgan fingerprint density at radius 3 is 2.92 bits per heavy atom. The molecule has 1 aromatic heterocycles. The van der Waals surface area contributed by atoms with Crippen LogP contribution in [0.3, 0.4) is 0 Å². The van der Waals surface area contributed by atoms with E-state index in [-0.39, 0.29) is 18.1 Å². The highest BCUT2D eigenvalue weighted by molar-refractivity contribution is 5.76. The van der Waals surface area contributed by atoms with E-state index in [0.717, 1.165) is 24.1 Å². The molecule has 2 aliphatic heterocycles. The van der Waals surface area contributed by atoms with Crippen LogP contribution in [0.5, 0.6) is 17.2 Å². The van der Waals surface area contributed by atoms with Crippen LogP contribution in [-0.2, 0) is 40.4 Å². The van der Waals surface area contributed by atoms with Gasteiger partial charge >= 0.3 is 0 Å². The number of methoxy groups -OCH3 is 2. The average Bonchev–Trinajstić information content (AvgIpc) is 3.34. The first-order valence-corrected chi connectivity index (χ1v) is 12.5. The Morgan fingerprint density at radius 1 is 1.14 bits per heavy atom. The van der Waals surface area contributed by atoms with Gasteiger partial charge in [0.1, 0.15) is 12.4 Å². The predicted molar refractivity (Wildman–Crippen MR) is 133 cm³/mol. The molecule has 4 bridgehead atoms. The maximum absolute atomic E-state index is 13.0. The van der Waals surface area contributed by atoms with Crippen molar-refractivity contribution in [2.24, 2.45) is 0 Å². The van der Waals surface area contributed by atoms with E-state index in [1.165, 1.54) is 0 Å². The molecule has 0 radical (unpaired) electrons. The summed E-state index contributed by atoms with van der Waals surface area (Å²) in [7, 11) is 3.21. The second-order valence-electron chi connectivity index (χ2n) is 9.32. The minimum atomic E-state index is -0.168. The fraction of sp³-hybridized carbons (Fsp3) is 0.444. The average molecular weight is 509 g/mol. The lowest BCUT2D eigenvalue weighted by Crippen LogP contribution is -2.55. The topological polar surface area (TPSA) is 108 Å². The van der Waals surface area contributed by atoms with Gasteiger partial charge in [0, 0.05) is 26.6 Å². The molecule has 10 heteroatoms. The molecule has 3 heterocycles. The van der Waals surface area contributed by atoms with Crippen LogP contribution in [-0.4, -0.2) is 60.4 Å². The Balaban J connectivity index is 1.34. The first kappa shape index (κ1) is 25.2. The number of amides is 1. The van der Waals surface area contributed by atoms with Crippen molar-refractivity contribution in [3.8, 4) is 17.2 Å². The van der Waals surface area contributed by atoms with Crippen LogP contribution in [0.15, 0.2) is 47.0 Å². The molecule has 10 nitrogen and oxygen atoms in total. The summed E-state index contributed by atoms with van der Waals surface area (Å²) in [5.41, 5.74) is 1.99. The molecule has 2 atom stereocenters. The third-order valence-corrected chi connectivity index (χ3v) is 6.58. The van der Waals surface area contributed by atoms with E-state index in [2.05, 4.69) is 20.4 Å². The zero-order chi connectivity index (χ0) is 25.6. The number of rotatable bonds is 5. The molecule has 1 amide bonds. The van der Waals surface area contributed by atoms with E-state index in [4.69, 9.17) is 23.5 Å². The number of ether oxygens (including phenoxy) is 4. The van der Waals surface area contributed by atoms with Crippen LogP contribution >= 0.6 is 0 Å². The molecule has 1 N–H and O–H groups in total. The predicted octanol–water partition coefficient (Wildman–Crippen LogP) is 3.24. The van der Waals surface area contributed by atoms with Gasteiger partial charge in [0.15, 0.2) is 17.3 Å². The number of benzene rings is 2. The van der Waals surface area contributed by atoms with Gasteiger partial charge < -0.3 is 28.8 Å². The summed E-state index contributed by atoms with van der Waals surface area (Å²) in [6.45, 7) is 2.63. The molecule has 196 valence electrons. The fourth-order valence-corrected chi connectivity index (χ4v) is 4.74. The number of carbonyl (C=O) groups excluding carboxylic acids is 1. The quantitative estimate of drug-likeness (QED) is 0.556. The standard InChI is InChI=1S/C27H32N4O6/c1-33-17-25-29-27(37-30-25)15-31-11-10-22-21(14-31)28-26(32)9-7-18-6-8-23(34-2)24(13-18)36-20-5-3-4-19(12-20)16-35-22/h3-6,8,12-13,21-22H,7,9-11,14-17H2,1-2H3,(H,28,32)/t21-,22+/m0/s1. The molecule has 2 aliphatic rings. The summed E-state index contributed by atoms with van der Waals surface area (Å²) in [4.78, 5) is 19.6. The molecule has 5 rings (SSSR count). The highest BCUT2D eigenvalue weighted by Gasteiger charge is 2.32. The Labute approximate surface area is 215 Å². The molecule has 0 unspecified atom stereocenters.